The van der Waals surface area contributed by atoms with E-state index in [1.807, 2.05) is 12.1 Å². The molecule has 1 N–H and O–H groups in total. The first-order chi connectivity index (χ1) is 8.31. The van der Waals surface area contributed by atoms with Crippen LogP contribution >= 0.6 is 11.3 Å². The van der Waals surface area contributed by atoms with Crippen molar-refractivity contribution in [3.63, 3.8) is 0 Å². The van der Waals surface area contributed by atoms with Crippen molar-refractivity contribution in [2.45, 2.75) is 19.8 Å². The van der Waals surface area contributed by atoms with E-state index in [0.29, 0.717) is 5.56 Å². The van der Waals surface area contributed by atoms with Crippen molar-refractivity contribution >= 4 is 28.4 Å². The summed E-state index contributed by atoms with van der Waals surface area (Å²) in [5.41, 5.74) is 1.58. The van der Waals surface area contributed by atoms with Gasteiger partial charge in [-0.05, 0) is 30.7 Å². The smallest absolute Gasteiger partial charge is 0.210 e. The molecular formula is C12H13N3OS. The Balaban J connectivity index is 2.05. The summed E-state index contributed by atoms with van der Waals surface area (Å²) in [6.45, 7) is 2.12. The van der Waals surface area contributed by atoms with Crippen LogP contribution in [0.15, 0.2) is 24.3 Å². The van der Waals surface area contributed by atoms with Crippen LogP contribution in [-0.2, 0) is 6.42 Å². The van der Waals surface area contributed by atoms with Crippen molar-refractivity contribution in [3.05, 3.63) is 34.8 Å². The Kier molecular flexibility index (Phi) is 3.82. The van der Waals surface area contributed by atoms with Gasteiger partial charge in [-0.15, -0.1) is 10.2 Å². The number of hydrogen-bond donors (Lipinski definition) is 1. The van der Waals surface area contributed by atoms with Crippen LogP contribution in [0.3, 0.4) is 0 Å². The Morgan fingerprint density at radius 3 is 2.71 bits per heavy atom. The van der Waals surface area contributed by atoms with E-state index in [-0.39, 0.29) is 0 Å². The molecule has 0 bridgehead atoms. The molecule has 0 unspecified atom stereocenters. The van der Waals surface area contributed by atoms with E-state index < -0.39 is 0 Å². The van der Waals surface area contributed by atoms with E-state index in [2.05, 4.69) is 22.4 Å². The number of hydrogen-bond acceptors (Lipinski definition) is 5. The second-order valence-electron chi connectivity index (χ2n) is 3.62. The number of aromatic nitrogens is 2. The third kappa shape index (κ3) is 3.10. The first-order valence-electron chi connectivity index (χ1n) is 5.46. The molecule has 0 aliphatic carbocycles. The number of benzene rings is 1. The summed E-state index contributed by atoms with van der Waals surface area (Å²) in [6.07, 6.45) is 2.86. The fourth-order valence-corrected chi connectivity index (χ4v) is 2.25. The molecule has 4 nitrogen and oxygen atoms in total. The maximum Gasteiger partial charge on any atom is 0.210 e. The zero-order valence-corrected chi connectivity index (χ0v) is 10.3. The van der Waals surface area contributed by atoms with Crippen molar-refractivity contribution in [1.82, 2.24) is 10.2 Å². The number of nitrogens with zero attached hydrogens (tertiary/aromatic N) is 2. The van der Waals surface area contributed by atoms with E-state index in [4.69, 9.17) is 0 Å². The quantitative estimate of drug-likeness (QED) is 0.825. The zero-order chi connectivity index (χ0) is 12.1. The first kappa shape index (κ1) is 11.7. The van der Waals surface area contributed by atoms with Crippen LogP contribution < -0.4 is 5.32 Å². The van der Waals surface area contributed by atoms with Crippen LogP contribution in [-0.4, -0.2) is 16.5 Å². The third-order valence-corrected chi connectivity index (χ3v) is 3.13. The zero-order valence-electron chi connectivity index (χ0n) is 9.51. The van der Waals surface area contributed by atoms with Gasteiger partial charge in [-0.25, -0.2) is 0 Å². The van der Waals surface area contributed by atoms with Crippen molar-refractivity contribution < 1.29 is 4.79 Å². The number of anilines is 2. The fraction of sp³-hybridized carbons (Fsp3) is 0.250. The van der Waals surface area contributed by atoms with Gasteiger partial charge in [0.1, 0.15) is 11.3 Å². The van der Waals surface area contributed by atoms with Crippen LogP contribution in [0.1, 0.15) is 28.7 Å². The second kappa shape index (κ2) is 5.54. The van der Waals surface area contributed by atoms with E-state index >= 15 is 0 Å². The summed E-state index contributed by atoms with van der Waals surface area (Å²) in [5.74, 6) is 0. The number of aldehydes is 1. The number of rotatable bonds is 5. The minimum Gasteiger partial charge on any atom is -0.330 e. The Morgan fingerprint density at radius 2 is 2.06 bits per heavy atom. The highest BCUT2D eigenvalue weighted by Crippen LogP contribution is 2.21. The molecule has 0 radical (unpaired) electrons. The van der Waals surface area contributed by atoms with Gasteiger partial charge in [0, 0.05) is 17.7 Å². The molecule has 0 amide bonds. The van der Waals surface area contributed by atoms with Crippen LogP contribution in [0.4, 0.5) is 10.8 Å². The third-order valence-electron chi connectivity index (χ3n) is 2.23. The molecule has 0 atom stereocenters. The predicted molar refractivity (Wildman–Crippen MR) is 69.0 cm³/mol. The maximum absolute atomic E-state index is 10.5. The molecule has 1 heterocycles. The Hall–Kier alpha value is -1.75. The summed E-state index contributed by atoms with van der Waals surface area (Å²) >= 11 is 1.56. The largest absolute Gasteiger partial charge is 0.330 e. The number of carbonyl (C=O) groups is 1. The van der Waals surface area contributed by atoms with Crippen molar-refractivity contribution in [3.8, 4) is 0 Å². The Bertz CT molecular complexity index is 493. The average molecular weight is 247 g/mol. The number of carbonyl (C=O) groups excluding carboxylic acids is 1. The lowest BCUT2D eigenvalue weighted by molar-refractivity contribution is 0.112. The van der Waals surface area contributed by atoms with Crippen LogP contribution in [0.2, 0.25) is 0 Å². The van der Waals surface area contributed by atoms with Crippen molar-refractivity contribution in [2.24, 2.45) is 0 Å². The fourth-order valence-electron chi connectivity index (χ4n) is 1.39. The monoisotopic (exact) mass is 247 g/mol. The number of aryl methyl sites for hydroxylation is 1. The van der Waals surface area contributed by atoms with Gasteiger partial charge in [-0.1, -0.05) is 18.3 Å². The van der Waals surface area contributed by atoms with Crippen molar-refractivity contribution in [2.75, 3.05) is 5.32 Å². The highest BCUT2D eigenvalue weighted by atomic mass is 32.1. The molecule has 88 valence electrons. The average Bonchev–Trinajstić information content (AvgIpc) is 2.78. The summed E-state index contributed by atoms with van der Waals surface area (Å²) in [7, 11) is 0. The molecule has 5 heteroatoms. The highest BCUT2D eigenvalue weighted by molar-refractivity contribution is 7.15. The standard InChI is InChI=1S/C12H13N3OS/c1-2-3-11-14-15-12(17-11)13-10-6-4-9(8-16)5-7-10/h4-8H,2-3H2,1H3,(H,13,15). The van der Waals surface area contributed by atoms with Gasteiger partial charge in [-0.2, -0.15) is 0 Å². The van der Waals surface area contributed by atoms with Gasteiger partial charge in [-0.3, -0.25) is 4.79 Å². The van der Waals surface area contributed by atoms with E-state index in [1.54, 1.807) is 23.5 Å². The van der Waals surface area contributed by atoms with Gasteiger partial charge < -0.3 is 5.32 Å². The maximum atomic E-state index is 10.5. The Morgan fingerprint density at radius 1 is 1.29 bits per heavy atom. The Labute approximate surface area is 104 Å². The van der Waals surface area contributed by atoms with Crippen molar-refractivity contribution in [1.29, 1.82) is 0 Å². The lowest BCUT2D eigenvalue weighted by atomic mass is 10.2. The SMILES string of the molecule is CCCc1nnc(Nc2ccc(C=O)cc2)s1. The molecule has 1 aromatic heterocycles. The summed E-state index contributed by atoms with van der Waals surface area (Å²) in [5, 5.41) is 13.1. The summed E-state index contributed by atoms with van der Waals surface area (Å²) < 4.78 is 0. The summed E-state index contributed by atoms with van der Waals surface area (Å²) in [4.78, 5) is 10.5. The van der Waals surface area contributed by atoms with Gasteiger partial charge in [0.25, 0.3) is 0 Å². The molecule has 0 spiro atoms. The highest BCUT2D eigenvalue weighted by Gasteiger charge is 2.03. The molecule has 0 fully saturated rings. The van der Waals surface area contributed by atoms with Crippen LogP contribution in [0.25, 0.3) is 0 Å². The molecule has 17 heavy (non-hydrogen) atoms. The molecule has 0 aliphatic heterocycles. The second-order valence-corrected chi connectivity index (χ2v) is 4.68. The molecule has 0 saturated carbocycles. The first-order valence-corrected chi connectivity index (χ1v) is 6.28. The molecule has 2 aromatic rings. The predicted octanol–water partition coefficient (Wildman–Crippen LogP) is 3.05. The lowest BCUT2D eigenvalue weighted by Gasteiger charge is -2.00. The van der Waals surface area contributed by atoms with E-state index in [1.165, 1.54) is 0 Å². The minimum atomic E-state index is 0.666. The normalized spacial score (nSPS) is 10.2. The molecule has 0 aliphatic rings. The van der Waals surface area contributed by atoms with Gasteiger partial charge >= 0.3 is 0 Å². The van der Waals surface area contributed by atoms with Gasteiger partial charge in [0.2, 0.25) is 5.13 Å². The van der Waals surface area contributed by atoms with Crippen LogP contribution in [0.5, 0.6) is 0 Å². The van der Waals surface area contributed by atoms with E-state index in [0.717, 1.165) is 35.0 Å². The molecule has 2 rings (SSSR count). The van der Waals surface area contributed by atoms with Gasteiger partial charge in [0.05, 0.1) is 0 Å². The molecule has 1 aromatic carbocycles. The topological polar surface area (TPSA) is 54.9 Å². The lowest BCUT2D eigenvalue weighted by Crippen LogP contribution is -1.89. The number of nitrogens with one attached hydrogen (secondary N) is 1. The van der Waals surface area contributed by atoms with Gasteiger partial charge in [0.15, 0.2) is 0 Å². The molecule has 0 saturated heterocycles. The van der Waals surface area contributed by atoms with Crippen LogP contribution in [0, 0.1) is 0 Å². The molecular weight excluding hydrogens is 234 g/mol. The van der Waals surface area contributed by atoms with E-state index in [9.17, 15) is 4.79 Å². The minimum absolute atomic E-state index is 0.666. The summed E-state index contributed by atoms with van der Waals surface area (Å²) in [6, 6.07) is 7.24.